The van der Waals surface area contributed by atoms with Crippen molar-refractivity contribution >= 4 is 21.4 Å². The number of aliphatic hydroxyl groups excluding tert-OH is 4. The Morgan fingerprint density at radius 1 is 1.10 bits per heavy atom. The van der Waals surface area contributed by atoms with Gasteiger partial charge in [0.15, 0.2) is 0 Å². The highest BCUT2D eigenvalue weighted by Gasteiger charge is 2.55. The van der Waals surface area contributed by atoms with Crippen LogP contribution in [0.1, 0.15) is 16.0 Å². The van der Waals surface area contributed by atoms with Gasteiger partial charge in [-0.05, 0) is 35.2 Å². The summed E-state index contributed by atoms with van der Waals surface area (Å²) >= 11 is 1.57. The Kier molecular flexibility index (Phi) is 5.91. The molecule has 0 bridgehead atoms. The first-order chi connectivity index (χ1) is 14.4. The van der Waals surface area contributed by atoms with Crippen LogP contribution in [0.4, 0.5) is 4.39 Å². The van der Waals surface area contributed by atoms with Gasteiger partial charge >= 0.3 is 0 Å². The molecule has 5 atom stereocenters. The van der Waals surface area contributed by atoms with Crippen LogP contribution in [0.3, 0.4) is 0 Å². The van der Waals surface area contributed by atoms with Crippen LogP contribution in [0.5, 0.6) is 0 Å². The second-order valence-corrected chi connectivity index (χ2v) is 8.54. The van der Waals surface area contributed by atoms with Crippen LogP contribution in [0.2, 0.25) is 0 Å². The van der Waals surface area contributed by atoms with Crippen molar-refractivity contribution in [2.45, 2.75) is 36.6 Å². The molecule has 1 fully saturated rings. The quantitative estimate of drug-likeness (QED) is 0.490. The van der Waals surface area contributed by atoms with E-state index in [1.807, 2.05) is 30.3 Å². The fourth-order valence-electron chi connectivity index (χ4n) is 3.91. The van der Waals surface area contributed by atoms with Crippen LogP contribution in [0.25, 0.3) is 10.1 Å². The summed E-state index contributed by atoms with van der Waals surface area (Å²) in [5.41, 5.74) is 0.645. The summed E-state index contributed by atoms with van der Waals surface area (Å²) in [5.74, 6) is -2.29. The number of ether oxygens (including phenoxy) is 2. The van der Waals surface area contributed by atoms with E-state index < -0.39 is 42.6 Å². The summed E-state index contributed by atoms with van der Waals surface area (Å²) in [6, 6.07) is 14.1. The predicted octanol–water partition coefficient (Wildman–Crippen LogP) is 1.90. The molecular weight excluding hydrogens is 411 g/mol. The third-order valence-electron chi connectivity index (χ3n) is 5.54. The predicted molar refractivity (Wildman–Crippen MR) is 110 cm³/mol. The average Bonchev–Trinajstić information content (AvgIpc) is 3.17. The minimum atomic E-state index is -1.87. The number of rotatable bonds is 5. The van der Waals surface area contributed by atoms with E-state index in [1.54, 1.807) is 11.3 Å². The Labute approximate surface area is 176 Å². The van der Waals surface area contributed by atoms with Crippen LogP contribution in [-0.4, -0.2) is 58.6 Å². The zero-order valence-electron chi connectivity index (χ0n) is 16.2. The molecule has 2 aromatic carbocycles. The van der Waals surface area contributed by atoms with Crippen LogP contribution < -0.4 is 0 Å². The maximum atomic E-state index is 14.6. The lowest BCUT2D eigenvalue weighted by atomic mass is 9.87. The molecule has 160 valence electrons. The standard InChI is InChI=1S/C22H23FO6S/c1-28-22(21(27)20(26)19(25)17(11-24)29-22)14-6-7-16(23)13(8-14)10-15-9-12-4-2-3-5-18(12)30-15/h2-9,17,19-21,24-27H,10-11H2,1H3/t17-,19-,20+,21-,22+/m1/s1. The van der Waals surface area contributed by atoms with E-state index in [9.17, 15) is 24.8 Å². The summed E-state index contributed by atoms with van der Waals surface area (Å²) in [4.78, 5) is 0.965. The zero-order chi connectivity index (χ0) is 21.5. The van der Waals surface area contributed by atoms with E-state index in [2.05, 4.69) is 0 Å². The van der Waals surface area contributed by atoms with Crippen molar-refractivity contribution in [3.05, 3.63) is 70.4 Å². The zero-order valence-corrected chi connectivity index (χ0v) is 17.1. The molecule has 0 amide bonds. The second kappa shape index (κ2) is 8.32. The summed E-state index contributed by atoms with van der Waals surface area (Å²) in [7, 11) is 1.27. The molecule has 30 heavy (non-hydrogen) atoms. The van der Waals surface area contributed by atoms with Crippen molar-refractivity contribution in [1.82, 2.24) is 0 Å². The SMILES string of the molecule is CO[C@@]1(c2ccc(F)c(Cc3cc4ccccc4s3)c2)O[C@H](CO)[C@@H](O)[C@H](O)[C@H]1O. The second-order valence-electron chi connectivity index (χ2n) is 7.37. The fourth-order valence-corrected chi connectivity index (χ4v) is 4.99. The van der Waals surface area contributed by atoms with Gasteiger partial charge in [0.05, 0.1) is 6.61 Å². The molecule has 0 spiro atoms. The molecule has 0 unspecified atom stereocenters. The van der Waals surface area contributed by atoms with E-state index in [-0.39, 0.29) is 5.56 Å². The molecule has 6 nitrogen and oxygen atoms in total. The van der Waals surface area contributed by atoms with Crippen molar-refractivity contribution in [3.63, 3.8) is 0 Å². The maximum Gasteiger partial charge on any atom is 0.224 e. The van der Waals surface area contributed by atoms with Gasteiger partial charge in [-0.15, -0.1) is 11.3 Å². The molecule has 3 aromatic rings. The number of hydrogen-bond acceptors (Lipinski definition) is 7. The maximum absolute atomic E-state index is 14.6. The third-order valence-corrected chi connectivity index (χ3v) is 6.66. The van der Waals surface area contributed by atoms with Crippen LogP contribution >= 0.6 is 11.3 Å². The number of halogens is 1. The molecule has 1 saturated heterocycles. The molecule has 1 aliphatic heterocycles. The summed E-state index contributed by atoms with van der Waals surface area (Å²) in [6.07, 6.45) is -5.62. The fraction of sp³-hybridized carbons (Fsp3) is 0.364. The van der Waals surface area contributed by atoms with Crippen molar-refractivity contribution < 1.29 is 34.3 Å². The highest BCUT2D eigenvalue weighted by atomic mass is 32.1. The first kappa shape index (κ1) is 21.3. The smallest absolute Gasteiger partial charge is 0.224 e. The molecule has 1 aliphatic rings. The lowest BCUT2D eigenvalue weighted by Gasteiger charge is -2.47. The van der Waals surface area contributed by atoms with Gasteiger partial charge in [-0.1, -0.05) is 24.3 Å². The lowest BCUT2D eigenvalue weighted by Crippen LogP contribution is -2.64. The molecule has 4 rings (SSSR count). The Balaban J connectivity index is 1.72. The highest BCUT2D eigenvalue weighted by molar-refractivity contribution is 7.19. The van der Waals surface area contributed by atoms with Crippen LogP contribution in [0, 0.1) is 5.82 Å². The van der Waals surface area contributed by atoms with E-state index in [0.717, 1.165) is 15.0 Å². The van der Waals surface area contributed by atoms with Gasteiger partial charge in [0.2, 0.25) is 5.79 Å². The number of hydrogen-bond donors (Lipinski definition) is 4. The van der Waals surface area contributed by atoms with Crippen LogP contribution in [0.15, 0.2) is 48.5 Å². The minimum Gasteiger partial charge on any atom is -0.394 e. The summed E-state index contributed by atoms with van der Waals surface area (Å²) in [5, 5.41) is 41.5. The van der Waals surface area contributed by atoms with Crippen molar-refractivity contribution in [3.8, 4) is 0 Å². The van der Waals surface area contributed by atoms with E-state index in [1.165, 1.54) is 25.3 Å². The molecule has 4 N–H and O–H groups in total. The Morgan fingerprint density at radius 2 is 1.87 bits per heavy atom. The van der Waals surface area contributed by atoms with Gasteiger partial charge in [0.25, 0.3) is 0 Å². The number of methoxy groups -OCH3 is 1. The van der Waals surface area contributed by atoms with E-state index in [0.29, 0.717) is 12.0 Å². The number of fused-ring (bicyclic) bond motifs is 1. The highest BCUT2D eigenvalue weighted by Crippen LogP contribution is 2.40. The molecule has 8 heteroatoms. The van der Waals surface area contributed by atoms with Gasteiger partial charge in [-0.3, -0.25) is 0 Å². The molecular formula is C22H23FO6S. The molecule has 0 saturated carbocycles. The van der Waals surface area contributed by atoms with Crippen molar-refractivity contribution in [2.24, 2.45) is 0 Å². The van der Waals surface area contributed by atoms with Gasteiger partial charge in [0.1, 0.15) is 30.2 Å². The van der Waals surface area contributed by atoms with Gasteiger partial charge in [-0.25, -0.2) is 4.39 Å². The van der Waals surface area contributed by atoms with Crippen LogP contribution in [-0.2, 0) is 21.7 Å². The first-order valence-electron chi connectivity index (χ1n) is 9.54. The molecule has 0 radical (unpaired) electrons. The number of thiophene rings is 1. The largest absolute Gasteiger partial charge is 0.394 e. The Bertz CT molecular complexity index is 1000. The third kappa shape index (κ3) is 3.54. The van der Waals surface area contributed by atoms with Gasteiger partial charge in [-0.2, -0.15) is 0 Å². The molecule has 2 heterocycles. The minimum absolute atomic E-state index is 0.277. The van der Waals surface area contributed by atoms with Gasteiger partial charge < -0.3 is 29.9 Å². The van der Waals surface area contributed by atoms with Gasteiger partial charge in [0, 0.05) is 28.7 Å². The normalized spacial score (nSPS) is 29.4. The molecule has 1 aromatic heterocycles. The average molecular weight is 434 g/mol. The van der Waals surface area contributed by atoms with Crippen molar-refractivity contribution in [2.75, 3.05) is 13.7 Å². The Morgan fingerprint density at radius 3 is 2.57 bits per heavy atom. The lowest BCUT2D eigenvalue weighted by molar-refractivity contribution is -0.366. The Hall–Kier alpha value is -1.91. The van der Waals surface area contributed by atoms with Crippen molar-refractivity contribution in [1.29, 1.82) is 0 Å². The van der Waals surface area contributed by atoms with E-state index >= 15 is 0 Å². The first-order valence-corrected chi connectivity index (χ1v) is 10.4. The molecule has 0 aliphatic carbocycles. The van der Waals surface area contributed by atoms with E-state index in [4.69, 9.17) is 9.47 Å². The number of aliphatic hydroxyl groups is 4. The topological polar surface area (TPSA) is 99.4 Å². The number of benzene rings is 2. The summed E-state index contributed by atoms with van der Waals surface area (Å²) in [6.45, 7) is -0.591. The monoisotopic (exact) mass is 434 g/mol. The summed E-state index contributed by atoms with van der Waals surface area (Å²) < 4.78 is 26.9.